The Labute approximate surface area is 162 Å². The number of pyridine rings is 1. The first-order valence-corrected chi connectivity index (χ1v) is 11.0. The summed E-state index contributed by atoms with van der Waals surface area (Å²) in [5, 5.41) is 0.891. The summed E-state index contributed by atoms with van der Waals surface area (Å²) < 4.78 is 32.7. The molecule has 0 saturated carbocycles. The SMILES string of the molecule is CCOc1ccc(S(=O)(=O)N2CCN(c3nc4cccnc4s3)CC2)cc1. The van der Waals surface area contributed by atoms with Gasteiger partial charge in [0.2, 0.25) is 10.0 Å². The third kappa shape index (κ3) is 3.62. The van der Waals surface area contributed by atoms with Crippen LogP contribution in [0.4, 0.5) is 5.13 Å². The molecule has 9 heteroatoms. The van der Waals surface area contributed by atoms with Crippen LogP contribution in [0.2, 0.25) is 0 Å². The predicted octanol–water partition coefficient (Wildman–Crippen LogP) is 2.60. The van der Waals surface area contributed by atoms with Crippen molar-refractivity contribution in [2.75, 3.05) is 37.7 Å². The second-order valence-corrected chi connectivity index (χ2v) is 9.01. The topological polar surface area (TPSA) is 75.6 Å². The highest BCUT2D eigenvalue weighted by Crippen LogP contribution is 2.28. The molecule has 4 rings (SSSR count). The number of hydrogen-bond acceptors (Lipinski definition) is 7. The molecule has 0 spiro atoms. The molecule has 7 nitrogen and oxygen atoms in total. The lowest BCUT2D eigenvalue weighted by atomic mass is 10.3. The maximum absolute atomic E-state index is 12.9. The average molecular weight is 405 g/mol. The van der Waals surface area contributed by atoms with Crippen molar-refractivity contribution in [3.05, 3.63) is 42.6 Å². The van der Waals surface area contributed by atoms with Gasteiger partial charge in [-0.05, 0) is 43.3 Å². The molecule has 0 unspecified atom stereocenters. The minimum atomic E-state index is -3.50. The zero-order chi connectivity index (χ0) is 18.9. The molecule has 142 valence electrons. The zero-order valence-electron chi connectivity index (χ0n) is 14.9. The number of anilines is 1. The summed E-state index contributed by atoms with van der Waals surface area (Å²) in [6, 6.07) is 10.4. The van der Waals surface area contributed by atoms with Gasteiger partial charge in [-0.3, -0.25) is 0 Å². The van der Waals surface area contributed by atoms with Gasteiger partial charge in [0.1, 0.15) is 16.1 Å². The molecule has 1 aliphatic rings. The number of thiazole rings is 1. The van der Waals surface area contributed by atoms with E-state index in [1.165, 1.54) is 15.6 Å². The van der Waals surface area contributed by atoms with Crippen molar-refractivity contribution in [2.45, 2.75) is 11.8 Å². The number of fused-ring (bicyclic) bond motifs is 1. The lowest BCUT2D eigenvalue weighted by Crippen LogP contribution is -2.48. The highest BCUT2D eigenvalue weighted by atomic mass is 32.2. The Hall–Kier alpha value is -2.23. The number of sulfonamides is 1. The smallest absolute Gasteiger partial charge is 0.243 e. The van der Waals surface area contributed by atoms with E-state index in [1.807, 2.05) is 19.1 Å². The molecule has 0 bridgehead atoms. The van der Waals surface area contributed by atoms with Gasteiger partial charge < -0.3 is 9.64 Å². The van der Waals surface area contributed by atoms with Crippen LogP contribution in [0.15, 0.2) is 47.5 Å². The van der Waals surface area contributed by atoms with Crippen LogP contribution in [-0.2, 0) is 10.0 Å². The van der Waals surface area contributed by atoms with E-state index in [2.05, 4.69) is 14.9 Å². The molecular formula is C18H20N4O3S2. The quantitative estimate of drug-likeness (QED) is 0.651. The van der Waals surface area contributed by atoms with E-state index in [4.69, 9.17) is 4.74 Å². The molecule has 0 radical (unpaired) electrons. The Kier molecular flexibility index (Phi) is 4.98. The van der Waals surface area contributed by atoms with Crippen LogP contribution in [0.3, 0.4) is 0 Å². The molecule has 2 aromatic heterocycles. The van der Waals surface area contributed by atoms with Gasteiger partial charge in [0.25, 0.3) is 0 Å². The van der Waals surface area contributed by atoms with Crippen LogP contribution in [0.5, 0.6) is 5.75 Å². The van der Waals surface area contributed by atoms with Crippen LogP contribution >= 0.6 is 11.3 Å². The Bertz CT molecular complexity index is 993. The Morgan fingerprint density at radius 2 is 1.85 bits per heavy atom. The van der Waals surface area contributed by atoms with Crippen LogP contribution in [0, 0.1) is 0 Å². The average Bonchev–Trinajstić information content (AvgIpc) is 3.13. The van der Waals surface area contributed by atoms with Gasteiger partial charge in [0.15, 0.2) is 5.13 Å². The Morgan fingerprint density at radius 1 is 1.11 bits per heavy atom. The van der Waals surface area contributed by atoms with Gasteiger partial charge in [0.05, 0.1) is 11.5 Å². The third-order valence-corrected chi connectivity index (χ3v) is 7.39. The van der Waals surface area contributed by atoms with E-state index in [0.717, 1.165) is 15.5 Å². The van der Waals surface area contributed by atoms with E-state index in [1.54, 1.807) is 30.5 Å². The molecular weight excluding hydrogens is 384 g/mol. The van der Waals surface area contributed by atoms with Crippen LogP contribution in [-0.4, -0.2) is 55.5 Å². The third-order valence-electron chi connectivity index (χ3n) is 4.44. The summed E-state index contributed by atoms with van der Waals surface area (Å²) in [5.74, 6) is 0.672. The highest BCUT2D eigenvalue weighted by molar-refractivity contribution is 7.89. The van der Waals surface area contributed by atoms with Crippen molar-refractivity contribution in [3.63, 3.8) is 0 Å². The Morgan fingerprint density at radius 3 is 2.52 bits per heavy atom. The lowest BCUT2D eigenvalue weighted by molar-refractivity contribution is 0.340. The fourth-order valence-corrected chi connectivity index (χ4v) is 5.42. The first kappa shape index (κ1) is 18.1. The van der Waals surface area contributed by atoms with Crippen LogP contribution in [0.1, 0.15) is 6.92 Å². The van der Waals surface area contributed by atoms with E-state index >= 15 is 0 Å². The summed E-state index contributed by atoms with van der Waals surface area (Å²) in [7, 11) is -3.50. The van der Waals surface area contributed by atoms with Gasteiger partial charge in [-0.2, -0.15) is 4.31 Å². The molecule has 0 atom stereocenters. The maximum Gasteiger partial charge on any atom is 0.243 e. The monoisotopic (exact) mass is 404 g/mol. The molecule has 0 amide bonds. The van der Waals surface area contributed by atoms with E-state index in [-0.39, 0.29) is 0 Å². The van der Waals surface area contributed by atoms with Crippen molar-refractivity contribution < 1.29 is 13.2 Å². The van der Waals surface area contributed by atoms with Gasteiger partial charge in [-0.15, -0.1) is 0 Å². The molecule has 0 N–H and O–H groups in total. The molecule has 27 heavy (non-hydrogen) atoms. The van der Waals surface area contributed by atoms with Crippen molar-refractivity contribution in [2.24, 2.45) is 0 Å². The lowest BCUT2D eigenvalue weighted by Gasteiger charge is -2.33. The summed E-state index contributed by atoms with van der Waals surface area (Å²) in [6.45, 7) is 4.52. The summed E-state index contributed by atoms with van der Waals surface area (Å²) in [4.78, 5) is 12.2. The van der Waals surface area contributed by atoms with Crippen molar-refractivity contribution >= 4 is 36.8 Å². The second kappa shape index (κ2) is 7.41. The second-order valence-electron chi connectivity index (χ2n) is 6.12. The Balaban J connectivity index is 1.46. The first-order chi connectivity index (χ1) is 13.1. The van der Waals surface area contributed by atoms with Crippen molar-refractivity contribution in [1.82, 2.24) is 14.3 Å². The molecule has 3 aromatic rings. The van der Waals surface area contributed by atoms with E-state index < -0.39 is 10.0 Å². The van der Waals surface area contributed by atoms with Gasteiger partial charge in [0, 0.05) is 32.4 Å². The minimum Gasteiger partial charge on any atom is -0.494 e. The molecule has 1 aromatic carbocycles. The van der Waals surface area contributed by atoms with Gasteiger partial charge in [-0.25, -0.2) is 18.4 Å². The molecule has 1 saturated heterocycles. The molecule has 1 aliphatic heterocycles. The minimum absolute atomic E-state index is 0.295. The highest BCUT2D eigenvalue weighted by Gasteiger charge is 2.29. The molecule has 3 heterocycles. The normalized spacial score (nSPS) is 16.0. The number of ether oxygens (including phenoxy) is 1. The number of aromatic nitrogens is 2. The van der Waals surface area contributed by atoms with E-state index in [0.29, 0.717) is 43.4 Å². The summed E-state index contributed by atoms with van der Waals surface area (Å²) in [6.07, 6.45) is 1.76. The number of piperazine rings is 1. The first-order valence-electron chi connectivity index (χ1n) is 8.77. The predicted molar refractivity (Wildman–Crippen MR) is 106 cm³/mol. The van der Waals surface area contributed by atoms with Crippen LogP contribution in [0.25, 0.3) is 10.3 Å². The van der Waals surface area contributed by atoms with Crippen LogP contribution < -0.4 is 9.64 Å². The molecule has 0 aliphatic carbocycles. The van der Waals surface area contributed by atoms with Gasteiger partial charge >= 0.3 is 0 Å². The fourth-order valence-electron chi connectivity index (χ4n) is 3.04. The zero-order valence-corrected chi connectivity index (χ0v) is 16.5. The number of hydrogen-bond donors (Lipinski definition) is 0. The summed E-state index contributed by atoms with van der Waals surface area (Å²) in [5.41, 5.74) is 0.877. The van der Waals surface area contributed by atoms with E-state index in [9.17, 15) is 8.42 Å². The molecule has 1 fully saturated rings. The van der Waals surface area contributed by atoms with Gasteiger partial charge in [-0.1, -0.05) is 11.3 Å². The fraction of sp³-hybridized carbons (Fsp3) is 0.333. The largest absolute Gasteiger partial charge is 0.494 e. The number of nitrogens with zero attached hydrogens (tertiary/aromatic N) is 4. The standard InChI is InChI=1S/C18H20N4O3S2/c1-2-25-14-5-7-15(8-6-14)27(23,24)22-12-10-21(11-13-22)18-20-16-4-3-9-19-17(16)26-18/h3-9H,2,10-13H2,1H3. The maximum atomic E-state index is 12.9. The van der Waals surface area contributed by atoms with Crippen molar-refractivity contribution in [3.8, 4) is 5.75 Å². The number of benzene rings is 1. The van der Waals surface area contributed by atoms with Crippen molar-refractivity contribution in [1.29, 1.82) is 0 Å². The number of rotatable bonds is 5. The summed E-state index contributed by atoms with van der Waals surface area (Å²) >= 11 is 1.54.